The molecule has 2 aromatic carbocycles. The minimum Gasteiger partial charge on any atom is -0.614 e. The summed E-state index contributed by atoms with van der Waals surface area (Å²) in [5, 5.41) is 16.9. The van der Waals surface area contributed by atoms with Crippen LogP contribution in [0.15, 0.2) is 66.7 Å². The van der Waals surface area contributed by atoms with Gasteiger partial charge < -0.3 is 14.6 Å². The van der Waals surface area contributed by atoms with E-state index in [1.807, 2.05) is 66.7 Å². The Morgan fingerprint density at radius 2 is 1.57 bits per heavy atom. The van der Waals surface area contributed by atoms with Gasteiger partial charge in [-0.25, -0.2) is 4.79 Å². The molecule has 4 aromatic rings. The van der Waals surface area contributed by atoms with Crippen molar-refractivity contribution in [2.75, 3.05) is 14.2 Å². The minimum absolute atomic E-state index is 0.00961. The summed E-state index contributed by atoms with van der Waals surface area (Å²) >= 11 is 0. The molecule has 0 N–H and O–H groups in total. The Morgan fingerprint density at radius 1 is 0.964 bits per heavy atom. The summed E-state index contributed by atoms with van der Waals surface area (Å²) in [4.78, 5) is 12.3. The number of esters is 1. The van der Waals surface area contributed by atoms with E-state index in [2.05, 4.69) is 5.10 Å². The molecule has 140 valence electrons. The van der Waals surface area contributed by atoms with Gasteiger partial charge in [-0.3, -0.25) is 0 Å². The summed E-state index contributed by atoms with van der Waals surface area (Å²) in [6.45, 7) is 0. The average Bonchev–Trinajstić information content (AvgIpc) is 3.31. The monoisotopic (exact) mass is 375 g/mol. The van der Waals surface area contributed by atoms with Crippen LogP contribution in [0, 0.1) is 0 Å². The molecule has 0 aliphatic heterocycles. The maximum Gasteiger partial charge on any atom is 0.390 e. The van der Waals surface area contributed by atoms with Crippen LogP contribution in [0.5, 0.6) is 0 Å². The number of hydrogen-bond donors (Lipinski definition) is 0. The van der Waals surface area contributed by atoms with Crippen molar-refractivity contribution in [3.8, 4) is 22.5 Å². The molecule has 28 heavy (non-hydrogen) atoms. The molecule has 0 bridgehead atoms. The molecular formula is C21H17N3O4. The van der Waals surface area contributed by atoms with Gasteiger partial charge in [0.25, 0.3) is 0 Å². The summed E-state index contributed by atoms with van der Waals surface area (Å²) in [5.74, 6) is -1.39. The number of hydrogen-bond acceptors (Lipinski definition) is 5. The fraction of sp³-hybridized carbons (Fsp3) is 0.0952. The molecule has 2 heterocycles. The third-order valence-corrected chi connectivity index (χ3v) is 4.43. The number of aromatic nitrogens is 3. The topological polar surface area (TPSA) is 80.0 Å². The lowest BCUT2D eigenvalue weighted by molar-refractivity contribution is -0.622. The Bertz CT molecular complexity index is 1200. The van der Waals surface area contributed by atoms with Crippen molar-refractivity contribution in [3.63, 3.8) is 0 Å². The molecule has 0 unspecified atom stereocenters. The van der Waals surface area contributed by atoms with Crippen molar-refractivity contribution < 1.29 is 23.9 Å². The second-order valence-corrected chi connectivity index (χ2v) is 6.03. The largest absolute Gasteiger partial charge is 0.614 e. The van der Waals surface area contributed by atoms with E-state index in [1.165, 1.54) is 18.8 Å². The Morgan fingerprint density at radius 3 is 2.14 bits per heavy atom. The van der Waals surface area contributed by atoms with Crippen molar-refractivity contribution in [2.45, 2.75) is 0 Å². The number of fused-ring (bicyclic) bond motifs is 1. The maximum atomic E-state index is 12.6. The molecule has 4 rings (SSSR count). The number of rotatable bonds is 4. The number of carbonyl (C=O) groups excluding carboxylic acids is 1. The van der Waals surface area contributed by atoms with Gasteiger partial charge in [-0.15, -0.1) is 4.52 Å². The summed E-state index contributed by atoms with van der Waals surface area (Å²) in [6, 6.07) is 21.1. The average molecular weight is 375 g/mol. The maximum absolute atomic E-state index is 12.6. The standard InChI is InChI=1S/C21H17N3O4/c1-27-20(25)18-19(21(26)28-2)23-16(14-9-5-3-6-10-14)13-17(24(23)22-18)15-11-7-4-8-12-15/h3-13H,1-2H3. The van der Waals surface area contributed by atoms with Crippen LogP contribution in [0.3, 0.4) is 0 Å². The van der Waals surface area contributed by atoms with Crippen LogP contribution in [0.2, 0.25) is 0 Å². The molecule has 2 aromatic heterocycles. The molecule has 0 spiro atoms. The van der Waals surface area contributed by atoms with Gasteiger partial charge >= 0.3 is 11.7 Å². The molecule has 0 fully saturated rings. The van der Waals surface area contributed by atoms with Gasteiger partial charge in [-0.05, 0) is 11.7 Å². The van der Waals surface area contributed by atoms with Gasteiger partial charge in [0.2, 0.25) is 5.35 Å². The second kappa shape index (κ2) is 7.03. The lowest BCUT2D eigenvalue weighted by atomic mass is 10.1. The first-order valence-corrected chi connectivity index (χ1v) is 8.58. The zero-order valence-electron chi connectivity index (χ0n) is 15.3. The van der Waals surface area contributed by atoms with Crippen LogP contribution < -0.4 is 15.0 Å². The molecule has 0 saturated carbocycles. The molecule has 0 saturated heterocycles. The summed E-state index contributed by atoms with van der Waals surface area (Å²) in [7, 11) is 2.50. The van der Waals surface area contributed by atoms with Crippen molar-refractivity contribution in [2.24, 2.45) is 0 Å². The lowest BCUT2D eigenvalue weighted by Crippen LogP contribution is -2.47. The third kappa shape index (κ3) is 2.73. The van der Waals surface area contributed by atoms with Crippen LogP contribution in [0.4, 0.5) is 0 Å². The Kier molecular flexibility index (Phi) is 4.41. The van der Waals surface area contributed by atoms with Crippen molar-refractivity contribution in [1.29, 1.82) is 0 Å². The number of methoxy groups -OCH3 is 2. The smallest absolute Gasteiger partial charge is 0.390 e. The van der Waals surface area contributed by atoms with Gasteiger partial charge in [-0.2, -0.15) is 0 Å². The van der Waals surface area contributed by atoms with Gasteiger partial charge in [0.1, 0.15) is 11.6 Å². The quantitative estimate of drug-likeness (QED) is 0.390. The molecule has 7 nitrogen and oxygen atoms in total. The highest BCUT2D eigenvalue weighted by atomic mass is 16.6. The fourth-order valence-electron chi connectivity index (χ4n) is 3.15. The number of nitrogens with zero attached hydrogens (tertiary/aromatic N) is 3. The zero-order chi connectivity index (χ0) is 19.7. The van der Waals surface area contributed by atoms with E-state index in [9.17, 15) is 9.90 Å². The van der Waals surface area contributed by atoms with E-state index in [0.717, 1.165) is 16.8 Å². The fourth-order valence-corrected chi connectivity index (χ4v) is 3.15. The van der Waals surface area contributed by atoms with Crippen LogP contribution >= 0.6 is 0 Å². The van der Waals surface area contributed by atoms with Crippen molar-refractivity contribution >= 4 is 11.9 Å². The highest BCUT2D eigenvalue weighted by Crippen LogP contribution is 2.23. The Hall–Kier alpha value is -3.87. The zero-order valence-corrected chi connectivity index (χ0v) is 15.3. The molecule has 0 radical (unpaired) electrons. The number of carbonyl (C=O) groups is 1. The van der Waals surface area contributed by atoms with Crippen molar-refractivity contribution in [1.82, 2.24) is 9.73 Å². The molecule has 0 atom stereocenters. The van der Waals surface area contributed by atoms with Gasteiger partial charge in [0, 0.05) is 17.2 Å². The Labute approximate surface area is 160 Å². The van der Waals surface area contributed by atoms with Gasteiger partial charge in [-0.1, -0.05) is 60.7 Å². The normalized spacial score (nSPS) is 12.1. The van der Waals surface area contributed by atoms with E-state index in [-0.39, 0.29) is 11.0 Å². The summed E-state index contributed by atoms with van der Waals surface area (Å²) < 4.78 is 12.9. The molecule has 0 amide bonds. The van der Waals surface area contributed by atoms with Crippen LogP contribution in [0.1, 0.15) is 10.5 Å². The summed E-state index contributed by atoms with van der Waals surface area (Å²) in [5.41, 5.74) is 3.06. The predicted octanol–water partition coefficient (Wildman–Crippen LogP) is 0.832. The number of ether oxygens (including phenoxy) is 2. The van der Waals surface area contributed by atoms with Crippen LogP contribution in [-0.4, -0.2) is 29.9 Å². The van der Waals surface area contributed by atoms with E-state index < -0.39 is 11.9 Å². The molecule has 7 heteroatoms. The molecule has 0 aliphatic rings. The first kappa shape index (κ1) is 17.5. The lowest BCUT2D eigenvalue weighted by Gasteiger charge is -2.05. The minimum atomic E-state index is -0.713. The van der Waals surface area contributed by atoms with Crippen molar-refractivity contribution in [3.05, 3.63) is 77.8 Å². The van der Waals surface area contributed by atoms with Gasteiger partial charge in [0.15, 0.2) is 5.69 Å². The Balaban J connectivity index is 2.17. The van der Waals surface area contributed by atoms with E-state index >= 15 is 0 Å². The van der Waals surface area contributed by atoms with Crippen LogP contribution in [-0.2, 0) is 9.47 Å². The number of benzene rings is 2. The molecular weight excluding hydrogens is 358 g/mol. The first-order valence-electron chi connectivity index (χ1n) is 8.58. The van der Waals surface area contributed by atoms with Gasteiger partial charge in [0.05, 0.1) is 12.2 Å². The second-order valence-electron chi connectivity index (χ2n) is 6.03. The highest BCUT2D eigenvalue weighted by Gasteiger charge is 2.31. The highest BCUT2D eigenvalue weighted by molar-refractivity contribution is 5.87. The van der Waals surface area contributed by atoms with Crippen LogP contribution in [0.25, 0.3) is 28.5 Å². The first-order chi connectivity index (χ1) is 13.7. The SMILES string of the molecule is COC(=O)c1nn2c(-c3ccccc3)cc(-c3ccccc3)[n+]2/c1=C(/[O-])OC. The summed E-state index contributed by atoms with van der Waals surface area (Å²) in [6.07, 6.45) is 0. The predicted molar refractivity (Wildman–Crippen MR) is 98.7 cm³/mol. The van der Waals surface area contributed by atoms with E-state index in [4.69, 9.17) is 9.47 Å². The molecule has 0 aliphatic carbocycles. The van der Waals surface area contributed by atoms with E-state index in [1.54, 1.807) is 4.52 Å². The van der Waals surface area contributed by atoms with E-state index in [0.29, 0.717) is 5.69 Å². The third-order valence-electron chi connectivity index (χ3n) is 4.43.